The van der Waals surface area contributed by atoms with Crippen molar-refractivity contribution < 1.29 is 14.0 Å². The molecule has 1 aliphatic rings. The van der Waals surface area contributed by atoms with Crippen molar-refractivity contribution in [2.75, 3.05) is 38.0 Å². The number of carbonyl (C=O) groups is 2. The van der Waals surface area contributed by atoms with Crippen molar-refractivity contribution in [2.24, 2.45) is 0 Å². The third kappa shape index (κ3) is 4.59. The summed E-state index contributed by atoms with van der Waals surface area (Å²) in [5, 5.41) is 2.85. The molecule has 1 N–H and O–H groups in total. The zero-order valence-electron chi connectivity index (χ0n) is 14.1. The summed E-state index contributed by atoms with van der Waals surface area (Å²) >= 11 is 5.92. The van der Waals surface area contributed by atoms with E-state index in [0.717, 1.165) is 6.07 Å². The van der Waals surface area contributed by atoms with Crippen LogP contribution in [0.2, 0.25) is 5.02 Å². The number of rotatable bonds is 4. The van der Waals surface area contributed by atoms with Crippen LogP contribution in [0.25, 0.3) is 0 Å². The summed E-state index contributed by atoms with van der Waals surface area (Å²) in [5.41, 5.74) is 1.06. The molecule has 3 rings (SSSR count). The van der Waals surface area contributed by atoms with E-state index in [1.165, 1.54) is 12.1 Å². The van der Waals surface area contributed by atoms with Gasteiger partial charge in [0.05, 0.1) is 17.3 Å². The van der Waals surface area contributed by atoms with Crippen LogP contribution in [0.3, 0.4) is 0 Å². The quantitative estimate of drug-likeness (QED) is 0.894. The Morgan fingerprint density at radius 3 is 2.38 bits per heavy atom. The molecule has 1 saturated heterocycles. The summed E-state index contributed by atoms with van der Waals surface area (Å²) in [7, 11) is 0. The maximum absolute atomic E-state index is 13.0. The van der Waals surface area contributed by atoms with Crippen LogP contribution in [0.5, 0.6) is 0 Å². The van der Waals surface area contributed by atoms with Crippen molar-refractivity contribution in [3.8, 4) is 0 Å². The molecule has 0 atom stereocenters. The fourth-order valence-electron chi connectivity index (χ4n) is 2.86. The number of nitrogens with one attached hydrogen (secondary N) is 1. The van der Waals surface area contributed by atoms with Crippen molar-refractivity contribution in [1.82, 2.24) is 9.80 Å². The Morgan fingerprint density at radius 2 is 1.73 bits per heavy atom. The summed E-state index contributed by atoms with van der Waals surface area (Å²) in [4.78, 5) is 28.4. The van der Waals surface area contributed by atoms with E-state index < -0.39 is 5.82 Å². The topological polar surface area (TPSA) is 52.7 Å². The minimum atomic E-state index is -0.452. The highest BCUT2D eigenvalue weighted by Crippen LogP contribution is 2.22. The van der Waals surface area contributed by atoms with Crippen molar-refractivity contribution >= 4 is 29.1 Å². The number of benzene rings is 2. The smallest absolute Gasteiger partial charge is 0.253 e. The first-order valence-electron chi connectivity index (χ1n) is 8.34. The van der Waals surface area contributed by atoms with Gasteiger partial charge in [-0.15, -0.1) is 0 Å². The highest BCUT2D eigenvalue weighted by Gasteiger charge is 2.23. The van der Waals surface area contributed by atoms with Crippen LogP contribution in [0.1, 0.15) is 10.4 Å². The summed E-state index contributed by atoms with van der Waals surface area (Å²) in [5.74, 6) is -0.665. The van der Waals surface area contributed by atoms with Crippen molar-refractivity contribution in [3.63, 3.8) is 0 Å². The van der Waals surface area contributed by atoms with E-state index in [9.17, 15) is 14.0 Å². The second-order valence-corrected chi connectivity index (χ2v) is 6.51. The van der Waals surface area contributed by atoms with Crippen LogP contribution >= 0.6 is 11.6 Å². The van der Waals surface area contributed by atoms with Gasteiger partial charge in [0.25, 0.3) is 5.91 Å². The van der Waals surface area contributed by atoms with Gasteiger partial charge in [-0.3, -0.25) is 14.5 Å². The molecule has 0 spiro atoms. The van der Waals surface area contributed by atoms with E-state index in [2.05, 4.69) is 5.32 Å². The van der Waals surface area contributed by atoms with Gasteiger partial charge in [0.1, 0.15) is 5.82 Å². The molecule has 136 valence electrons. The lowest BCUT2D eigenvalue weighted by atomic mass is 10.2. The van der Waals surface area contributed by atoms with Gasteiger partial charge in [0.2, 0.25) is 5.91 Å². The number of halogens is 2. The van der Waals surface area contributed by atoms with Gasteiger partial charge in [-0.05, 0) is 30.3 Å². The Balaban J connectivity index is 1.49. The number of hydrogen-bond acceptors (Lipinski definition) is 3. The van der Waals surface area contributed by atoms with Crippen LogP contribution in [0, 0.1) is 5.82 Å². The van der Waals surface area contributed by atoms with E-state index in [4.69, 9.17) is 11.6 Å². The van der Waals surface area contributed by atoms with Crippen molar-refractivity contribution in [2.45, 2.75) is 0 Å². The average molecular weight is 376 g/mol. The summed E-state index contributed by atoms with van der Waals surface area (Å²) < 4.78 is 13.0. The first-order chi connectivity index (χ1) is 12.5. The third-order valence-electron chi connectivity index (χ3n) is 4.25. The lowest BCUT2D eigenvalue weighted by Crippen LogP contribution is -2.50. The van der Waals surface area contributed by atoms with Gasteiger partial charge in [-0.2, -0.15) is 0 Å². The largest absolute Gasteiger partial charge is 0.336 e. The molecule has 7 heteroatoms. The second kappa shape index (κ2) is 8.29. The fraction of sp³-hybridized carbons (Fsp3) is 0.263. The highest BCUT2D eigenvalue weighted by molar-refractivity contribution is 6.33. The molecule has 2 aromatic carbocycles. The molecule has 0 radical (unpaired) electrons. The summed E-state index contributed by atoms with van der Waals surface area (Å²) in [6.45, 7) is 2.56. The molecule has 0 aliphatic carbocycles. The first kappa shape index (κ1) is 18.4. The zero-order chi connectivity index (χ0) is 18.5. The lowest BCUT2D eigenvalue weighted by Gasteiger charge is -2.34. The van der Waals surface area contributed by atoms with Gasteiger partial charge >= 0.3 is 0 Å². The van der Waals surface area contributed by atoms with Crippen LogP contribution in [0.4, 0.5) is 10.1 Å². The lowest BCUT2D eigenvalue weighted by molar-refractivity contribution is -0.117. The molecule has 0 saturated carbocycles. The predicted molar refractivity (Wildman–Crippen MR) is 98.8 cm³/mol. The summed E-state index contributed by atoms with van der Waals surface area (Å²) in [6, 6.07) is 13.0. The zero-order valence-corrected chi connectivity index (χ0v) is 14.9. The monoisotopic (exact) mass is 375 g/mol. The minimum absolute atomic E-state index is 0.00722. The normalized spacial score (nSPS) is 14.9. The molecule has 0 aromatic heterocycles. The highest BCUT2D eigenvalue weighted by atomic mass is 35.5. The molecule has 1 aliphatic heterocycles. The number of piperazine rings is 1. The van der Waals surface area contributed by atoms with Gasteiger partial charge < -0.3 is 10.2 Å². The van der Waals surface area contributed by atoms with E-state index in [1.807, 2.05) is 23.1 Å². The van der Waals surface area contributed by atoms with Crippen molar-refractivity contribution in [3.05, 3.63) is 64.9 Å². The third-order valence-corrected chi connectivity index (χ3v) is 4.57. The Bertz CT molecular complexity index is 793. The van der Waals surface area contributed by atoms with Crippen LogP contribution in [0.15, 0.2) is 48.5 Å². The van der Waals surface area contributed by atoms with E-state index in [0.29, 0.717) is 37.4 Å². The van der Waals surface area contributed by atoms with E-state index in [1.54, 1.807) is 17.0 Å². The standard InChI is InChI=1S/C19H19ClFN3O2/c20-16-12-15(21)6-7-17(16)22-18(25)13-23-8-10-24(11-9-23)19(26)14-4-2-1-3-5-14/h1-7,12H,8-11,13H2,(H,22,25). The predicted octanol–water partition coefficient (Wildman–Crippen LogP) is 2.88. The van der Waals surface area contributed by atoms with Crippen LogP contribution in [-0.2, 0) is 4.79 Å². The minimum Gasteiger partial charge on any atom is -0.336 e. The molecule has 5 nitrogen and oxygen atoms in total. The number of anilines is 1. The van der Waals surface area contributed by atoms with Gasteiger partial charge in [-0.1, -0.05) is 29.8 Å². The van der Waals surface area contributed by atoms with Crippen molar-refractivity contribution in [1.29, 1.82) is 0 Å². The molecule has 0 bridgehead atoms. The molecule has 1 fully saturated rings. The molecule has 2 amide bonds. The molecular weight excluding hydrogens is 357 g/mol. The molecule has 0 unspecified atom stereocenters. The second-order valence-electron chi connectivity index (χ2n) is 6.11. The van der Waals surface area contributed by atoms with Gasteiger partial charge in [0.15, 0.2) is 0 Å². The van der Waals surface area contributed by atoms with Gasteiger partial charge in [-0.25, -0.2) is 4.39 Å². The maximum Gasteiger partial charge on any atom is 0.253 e. The molecular formula is C19H19ClFN3O2. The van der Waals surface area contributed by atoms with E-state index in [-0.39, 0.29) is 23.4 Å². The Kier molecular flexibility index (Phi) is 5.85. The van der Waals surface area contributed by atoms with Crippen LogP contribution < -0.4 is 5.32 Å². The number of nitrogens with zero attached hydrogens (tertiary/aromatic N) is 2. The number of hydrogen-bond donors (Lipinski definition) is 1. The summed E-state index contributed by atoms with van der Waals surface area (Å²) in [6.07, 6.45) is 0. The maximum atomic E-state index is 13.0. The van der Waals surface area contributed by atoms with Gasteiger partial charge in [0, 0.05) is 31.7 Å². The van der Waals surface area contributed by atoms with E-state index >= 15 is 0 Å². The number of carbonyl (C=O) groups excluding carboxylic acids is 2. The molecule has 2 aromatic rings. The Labute approximate surface area is 156 Å². The first-order valence-corrected chi connectivity index (χ1v) is 8.72. The Hall–Kier alpha value is -2.44. The average Bonchev–Trinajstić information content (AvgIpc) is 2.65. The Morgan fingerprint density at radius 1 is 1.04 bits per heavy atom. The van der Waals surface area contributed by atoms with Crippen LogP contribution in [-0.4, -0.2) is 54.3 Å². The molecule has 26 heavy (non-hydrogen) atoms. The SMILES string of the molecule is O=C(CN1CCN(C(=O)c2ccccc2)CC1)Nc1ccc(F)cc1Cl. The molecule has 1 heterocycles. The fourth-order valence-corrected chi connectivity index (χ4v) is 3.07. The number of amides is 2.